The van der Waals surface area contributed by atoms with E-state index in [0.29, 0.717) is 6.42 Å². The van der Waals surface area contributed by atoms with Gasteiger partial charge in [0.15, 0.2) is 0 Å². The average Bonchev–Trinajstić information content (AvgIpc) is 2.20. The lowest BCUT2D eigenvalue weighted by Crippen LogP contribution is -1.93. The number of halogens is 1. The molecule has 6 nitrogen and oxygen atoms in total. The van der Waals surface area contributed by atoms with Crippen LogP contribution in [0.2, 0.25) is 5.02 Å². The Labute approximate surface area is 90.3 Å². The quantitative estimate of drug-likeness (QED) is 0.259. The molecule has 0 aliphatic rings. The highest BCUT2D eigenvalue weighted by Gasteiger charge is 2.11. The zero-order valence-corrected chi connectivity index (χ0v) is 8.39. The molecule has 0 saturated heterocycles. The lowest BCUT2D eigenvalue weighted by atomic mass is 10.1. The summed E-state index contributed by atoms with van der Waals surface area (Å²) in [4.78, 5) is 12.6. The summed E-state index contributed by atoms with van der Waals surface area (Å²) < 4.78 is 0. The Morgan fingerprint density at radius 1 is 1.60 bits per heavy atom. The molecule has 15 heavy (non-hydrogen) atoms. The summed E-state index contributed by atoms with van der Waals surface area (Å²) in [6.45, 7) is 0.273. The molecule has 0 radical (unpaired) electrons. The van der Waals surface area contributed by atoms with Crippen LogP contribution >= 0.6 is 11.6 Å². The third-order valence-corrected chi connectivity index (χ3v) is 2.09. The first-order valence-corrected chi connectivity index (χ1v) is 4.46. The van der Waals surface area contributed by atoms with Crippen LogP contribution in [0.1, 0.15) is 5.56 Å². The van der Waals surface area contributed by atoms with E-state index < -0.39 is 4.92 Å². The Bertz CT molecular complexity index is 429. The van der Waals surface area contributed by atoms with Crippen molar-refractivity contribution in [3.8, 4) is 0 Å². The Balaban J connectivity index is 2.87. The predicted molar refractivity (Wildman–Crippen MR) is 55.8 cm³/mol. The Kier molecular flexibility index (Phi) is 3.91. The summed E-state index contributed by atoms with van der Waals surface area (Å²) in [5, 5.41) is 14.0. The van der Waals surface area contributed by atoms with Gasteiger partial charge in [0.25, 0.3) is 5.69 Å². The number of nitrogens with zero attached hydrogens (tertiary/aromatic N) is 4. The number of azide groups is 1. The molecule has 1 rings (SSSR count). The van der Waals surface area contributed by atoms with Crippen molar-refractivity contribution in [1.82, 2.24) is 0 Å². The maximum atomic E-state index is 10.5. The van der Waals surface area contributed by atoms with E-state index >= 15 is 0 Å². The van der Waals surface area contributed by atoms with E-state index in [2.05, 4.69) is 10.0 Å². The number of hydrogen-bond donors (Lipinski definition) is 0. The number of nitro groups is 1. The Morgan fingerprint density at radius 3 is 2.93 bits per heavy atom. The number of hydrogen-bond acceptors (Lipinski definition) is 3. The first kappa shape index (κ1) is 11.3. The zero-order valence-electron chi connectivity index (χ0n) is 7.63. The number of benzene rings is 1. The van der Waals surface area contributed by atoms with E-state index in [1.54, 1.807) is 6.07 Å². The van der Waals surface area contributed by atoms with Crippen molar-refractivity contribution in [2.24, 2.45) is 5.11 Å². The summed E-state index contributed by atoms with van der Waals surface area (Å²) in [7, 11) is 0. The summed E-state index contributed by atoms with van der Waals surface area (Å²) in [5.74, 6) is 0. The molecule has 0 unspecified atom stereocenters. The van der Waals surface area contributed by atoms with Gasteiger partial charge in [0, 0.05) is 17.5 Å². The fourth-order valence-electron chi connectivity index (χ4n) is 1.08. The molecule has 0 bridgehead atoms. The molecule has 0 aromatic heterocycles. The van der Waals surface area contributed by atoms with Crippen molar-refractivity contribution in [2.75, 3.05) is 6.54 Å². The molecule has 7 heteroatoms. The SMILES string of the molecule is [N-]=[N+]=NCCc1ccc(Cl)c([N+](=O)[O-])c1. The van der Waals surface area contributed by atoms with Crippen LogP contribution < -0.4 is 0 Å². The fourth-order valence-corrected chi connectivity index (χ4v) is 1.26. The van der Waals surface area contributed by atoms with Crippen molar-refractivity contribution in [3.05, 3.63) is 49.3 Å². The molecule has 0 saturated carbocycles. The van der Waals surface area contributed by atoms with Crippen molar-refractivity contribution < 1.29 is 4.92 Å². The standard InChI is InChI=1S/C8H7ClN4O2/c9-7-2-1-6(3-4-11-12-10)5-8(7)13(14)15/h1-2,5H,3-4H2. The molecule has 0 amide bonds. The van der Waals surface area contributed by atoms with Crippen molar-refractivity contribution >= 4 is 17.3 Å². The number of rotatable bonds is 4. The topological polar surface area (TPSA) is 91.9 Å². The first-order chi connectivity index (χ1) is 7.15. The van der Waals surface area contributed by atoms with Crippen LogP contribution in [0.25, 0.3) is 10.4 Å². The van der Waals surface area contributed by atoms with Gasteiger partial charge in [-0.1, -0.05) is 22.8 Å². The molecular formula is C8H7ClN4O2. The van der Waals surface area contributed by atoms with Crippen LogP contribution in [0.15, 0.2) is 23.3 Å². The van der Waals surface area contributed by atoms with Gasteiger partial charge in [-0.05, 0) is 23.6 Å². The molecule has 1 aromatic rings. The van der Waals surface area contributed by atoms with Crippen LogP contribution in [0.4, 0.5) is 5.69 Å². The summed E-state index contributed by atoms with van der Waals surface area (Å²) in [6.07, 6.45) is 0.460. The summed E-state index contributed by atoms with van der Waals surface area (Å²) >= 11 is 5.63. The molecule has 1 aromatic carbocycles. The van der Waals surface area contributed by atoms with Gasteiger partial charge in [-0.3, -0.25) is 10.1 Å². The second-order valence-corrected chi connectivity index (χ2v) is 3.15. The second-order valence-electron chi connectivity index (χ2n) is 2.75. The summed E-state index contributed by atoms with van der Waals surface area (Å²) in [5.41, 5.74) is 8.65. The molecular weight excluding hydrogens is 220 g/mol. The van der Waals surface area contributed by atoms with Gasteiger partial charge >= 0.3 is 0 Å². The highest BCUT2D eigenvalue weighted by molar-refractivity contribution is 6.32. The Morgan fingerprint density at radius 2 is 2.33 bits per heavy atom. The van der Waals surface area contributed by atoms with Crippen LogP contribution in [0.5, 0.6) is 0 Å². The molecule has 0 heterocycles. The predicted octanol–water partition coefficient (Wildman–Crippen LogP) is 3.10. The smallest absolute Gasteiger partial charge is 0.258 e. The van der Waals surface area contributed by atoms with E-state index in [0.717, 1.165) is 5.56 Å². The van der Waals surface area contributed by atoms with Crippen molar-refractivity contribution in [1.29, 1.82) is 0 Å². The first-order valence-electron chi connectivity index (χ1n) is 4.09. The molecule has 0 aliphatic carbocycles. The minimum atomic E-state index is -0.542. The normalized spacial score (nSPS) is 9.40. The average molecular weight is 227 g/mol. The van der Waals surface area contributed by atoms with Crippen LogP contribution in [0.3, 0.4) is 0 Å². The second kappa shape index (κ2) is 5.19. The van der Waals surface area contributed by atoms with Gasteiger partial charge in [-0.25, -0.2) is 0 Å². The molecule has 0 spiro atoms. The third kappa shape index (κ3) is 3.12. The fraction of sp³-hybridized carbons (Fsp3) is 0.250. The van der Waals surface area contributed by atoms with Gasteiger partial charge in [-0.15, -0.1) is 0 Å². The highest BCUT2D eigenvalue weighted by atomic mass is 35.5. The maximum absolute atomic E-state index is 10.5. The molecule has 78 valence electrons. The van der Waals surface area contributed by atoms with Gasteiger partial charge in [0.2, 0.25) is 0 Å². The lowest BCUT2D eigenvalue weighted by molar-refractivity contribution is -0.384. The monoisotopic (exact) mass is 226 g/mol. The van der Waals surface area contributed by atoms with Crippen LogP contribution in [-0.4, -0.2) is 11.5 Å². The van der Waals surface area contributed by atoms with Crippen LogP contribution in [0, 0.1) is 10.1 Å². The number of nitro benzene ring substituents is 1. The van der Waals surface area contributed by atoms with E-state index in [-0.39, 0.29) is 17.3 Å². The molecule has 0 atom stereocenters. The molecule has 0 aliphatic heterocycles. The highest BCUT2D eigenvalue weighted by Crippen LogP contribution is 2.25. The van der Waals surface area contributed by atoms with E-state index in [1.807, 2.05) is 0 Å². The van der Waals surface area contributed by atoms with Crippen molar-refractivity contribution in [2.45, 2.75) is 6.42 Å². The van der Waals surface area contributed by atoms with Crippen molar-refractivity contribution in [3.63, 3.8) is 0 Å². The lowest BCUT2D eigenvalue weighted by Gasteiger charge is -1.99. The minimum Gasteiger partial charge on any atom is -0.258 e. The van der Waals surface area contributed by atoms with E-state index in [4.69, 9.17) is 17.1 Å². The van der Waals surface area contributed by atoms with Crippen LogP contribution in [-0.2, 0) is 6.42 Å². The maximum Gasteiger partial charge on any atom is 0.288 e. The Hall–Kier alpha value is -1.78. The van der Waals surface area contributed by atoms with Gasteiger partial charge in [-0.2, -0.15) is 0 Å². The van der Waals surface area contributed by atoms with Gasteiger partial charge < -0.3 is 0 Å². The van der Waals surface area contributed by atoms with E-state index in [1.165, 1.54) is 12.1 Å². The van der Waals surface area contributed by atoms with Gasteiger partial charge in [0.05, 0.1) is 4.92 Å². The summed E-state index contributed by atoms with van der Waals surface area (Å²) in [6, 6.07) is 4.52. The zero-order chi connectivity index (χ0) is 11.3. The third-order valence-electron chi connectivity index (χ3n) is 1.77. The molecule has 0 fully saturated rings. The van der Waals surface area contributed by atoms with E-state index in [9.17, 15) is 10.1 Å². The largest absolute Gasteiger partial charge is 0.288 e. The van der Waals surface area contributed by atoms with Gasteiger partial charge in [0.1, 0.15) is 5.02 Å². The molecule has 0 N–H and O–H groups in total. The minimum absolute atomic E-state index is 0.104.